The highest BCUT2D eigenvalue weighted by Gasteiger charge is 2.46. The number of allylic oxidation sites excluding steroid dienone is 14. The molecule has 0 heterocycles. The molecule has 0 aliphatic heterocycles. The molecular weight excluding hydrogens is 336 g/mol. The number of hydrogen-bond donors (Lipinski definition) is 0. The summed E-state index contributed by atoms with van der Waals surface area (Å²) in [6.45, 7) is 16.8. The van der Waals surface area contributed by atoms with Crippen molar-refractivity contribution in [2.75, 3.05) is 0 Å². The van der Waals surface area contributed by atoms with Gasteiger partial charge in [-0.05, 0) is 60.6 Å². The summed E-state index contributed by atoms with van der Waals surface area (Å²) in [5, 5.41) is 0. The van der Waals surface area contributed by atoms with Crippen LogP contribution in [0.1, 0.15) is 45.2 Å². The Kier molecular flexibility index (Phi) is 7.58. The fourth-order valence-electron chi connectivity index (χ4n) is 4.16. The van der Waals surface area contributed by atoms with Crippen molar-refractivity contribution in [2.24, 2.45) is 0 Å². The van der Waals surface area contributed by atoms with Crippen LogP contribution in [0.15, 0.2) is 115 Å². The molecule has 0 aromatic heterocycles. The van der Waals surface area contributed by atoms with Crippen molar-refractivity contribution in [3.05, 3.63) is 126 Å². The van der Waals surface area contributed by atoms with E-state index in [4.69, 9.17) is 0 Å². The summed E-state index contributed by atoms with van der Waals surface area (Å²) in [6, 6.07) is 8.69. The zero-order chi connectivity index (χ0) is 20.6. The van der Waals surface area contributed by atoms with Gasteiger partial charge in [0.15, 0.2) is 0 Å². The lowest BCUT2D eigenvalue weighted by Crippen LogP contribution is -2.30. The zero-order valence-corrected chi connectivity index (χ0v) is 17.7. The maximum Gasteiger partial charge on any atom is 0.0709 e. The van der Waals surface area contributed by atoms with Gasteiger partial charge in [0, 0.05) is 0 Å². The number of benzene rings is 1. The highest BCUT2D eigenvalue weighted by molar-refractivity contribution is 5.92. The maximum absolute atomic E-state index is 4.22. The van der Waals surface area contributed by atoms with Crippen LogP contribution < -0.4 is 0 Å². The molecule has 0 amide bonds. The lowest BCUT2D eigenvalue weighted by molar-refractivity contribution is 0.756. The van der Waals surface area contributed by atoms with Crippen LogP contribution in [0.5, 0.6) is 0 Å². The number of hydrogen-bond acceptors (Lipinski definition) is 0. The van der Waals surface area contributed by atoms with Crippen molar-refractivity contribution >= 4 is 5.57 Å². The molecule has 0 bridgehead atoms. The van der Waals surface area contributed by atoms with Crippen molar-refractivity contribution in [1.29, 1.82) is 0 Å². The molecule has 28 heavy (non-hydrogen) atoms. The molecule has 0 nitrogen and oxygen atoms in total. The van der Waals surface area contributed by atoms with E-state index in [1.165, 1.54) is 27.8 Å². The predicted molar refractivity (Wildman–Crippen MR) is 126 cm³/mol. The number of rotatable bonds is 8. The second-order valence-electron chi connectivity index (χ2n) is 6.73. The molecule has 0 spiro atoms. The minimum absolute atomic E-state index is 0.422. The molecule has 1 unspecified atom stereocenters. The molecular formula is C28H32. The van der Waals surface area contributed by atoms with Gasteiger partial charge in [-0.3, -0.25) is 0 Å². The third kappa shape index (κ3) is 3.47. The number of fused-ring (bicyclic) bond motifs is 1. The molecule has 0 fully saturated rings. The van der Waals surface area contributed by atoms with E-state index in [2.05, 4.69) is 107 Å². The molecule has 2 rings (SSSR count). The van der Waals surface area contributed by atoms with Crippen molar-refractivity contribution < 1.29 is 0 Å². The largest absolute Gasteiger partial charge is 0.0987 e. The minimum Gasteiger partial charge on any atom is -0.0987 e. The summed E-state index contributed by atoms with van der Waals surface area (Å²) >= 11 is 0. The van der Waals surface area contributed by atoms with Gasteiger partial charge in [-0.1, -0.05) is 105 Å². The van der Waals surface area contributed by atoms with Crippen molar-refractivity contribution in [1.82, 2.24) is 0 Å². The first-order chi connectivity index (χ1) is 13.7. The van der Waals surface area contributed by atoms with Crippen LogP contribution in [0.3, 0.4) is 0 Å². The van der Waals surface area contributed by atoms with Gasteiger partial charge in [0.1, 0.15) is 0 Å². The minimum atomic E-state index is -0.422. The van der Waals surface area contributed by atoms with Crippen LogP contribution in [-0.4, -0.2) is 0 Å². The van der Waals surface area contributed by atoms with E-state index in [1.807, 2.05) is 19.1 Å². The third-order valence-corrected chi connectivity index (χ3v) is 5.25. The van der Waals surface area contributed by atoms with E-state index in [0.29, 0.717) is 0 Å². The molecule has 0 radical (unpaired) electrons. The fraction of sp³-hybridized carbons (Fsp3) is 0.214. The molecule has 1 aromatic rings. The van der Waals surface area contributed by atoms with Crippen LogP contribution in [0.4, 0.5) is 0 Å². The first-order valence-corrected chi connectivity index (χ1v) is 10.1. The quantitative estimate of drug-likeness (QED) is 0.407. The molecule has 0 saturated carbocycles. The summed E-state index contributed by atoms with van der Waals surface area (Å²) in [5.41, 5.74) is 6.94. The van der Waals surface area contributed by atoms with Crippen molar-refractivity contribution in [3.63, 3.8) is 0 Å². The van der Waals surface area contributed by atoms with Crippen LogP contribution in [-0.2, 0) is 5.41 Å². The van der Waals surface area contributed by atoms with Crippen LogP contribution in [0.2, 0.25) is 0 Å². The topological polar surface area (TPSA) is 0 Å². The average molecular weight is 369 g/mol. The monoisotopic (exact) mass is 368 g/mol. The van der Waals surface area contributed by atoms with Crippen LogP contribution in [0.25, 0.3) is 5.57 Å². The van der Waals surface area contributed by atoms with Gasteiger partial charge >= 0.3 is 0 Å². The smallest absolute Gasteiger partial charge is 0.0709 e. The van der Waals surface area contributed by atoms with Gasteiger partial charge in [0.2, 0.25) is 0 Å². The van der Waals surface area contributed by atoms with Gasteiger partial charge in [-0.15, -0.1) is 0 Å². The molecule has 0 heteroatoms. The SMILES string of the molecule is C=CC1=C(/C=C\C)c2ccccc2C1(/C(C=C)=C/C=C\C)C(/C=C\CC)=C/C. The summed E-state index contributed by atoms with van der Waals surface area (Å²) in [5.74, 6) is 0. The zero-order valence-electron chi connectivity index (χ0n) is 17.7. The molecule has 144 valence electrons. The maximum atomic E-state index is 4.22. The van der Waals surface area contributed by atoms with Crippen LogP contribution >= 0.6 is 0 Å². The normalized spacial score (nSPS) is 20.6. The predicted octanol–water partition coefficient (Wildman–Crippen LogP) is 8.05. The van der Waals surface area contributed by atoms with Gasteiger partial charge in [0.25, 0.3) is 0 Å². The van der Waals surface area contributed by atoms with Gasteiger partial charge < -0.3 is 0 Å². The van der Waals surface area contributed by atoms with E-state index < -0.39 is 5.41 Å². The van der Waals surface area contributed by atoms with E-state index in [1.54, 1.807) is 0 Å². The summed E-state index contributed by atoms with van der Waals surface area (Å²) in [4.78, 5) is 0. The van der Waals surface area contributed by atoms with E-state index >= 15 is 0 Å². The lowest BCUT2D eigenvalue weighted by atomic mass is 9.65. The Morgan fingerprint density at radius 2 is 1.79 bits per heavy atom. The fourth-order valence-corrected chi connectivity index (χ4v) is 4.16. The highest BCUT2D eigenvalue weighted by atomic mass is 14.5. The Morgan fingerprint density at radius 3 is 2.36 bits per heavy atom. The van der Waals surface area contributed by atoms with E-state index in [9.17, 15) is 0 Å². The summed E-state index contributed by atoms with van der Waals surface area (Å²) in [6.07, 6.45) is 22.3. The summed E-state index contributed by atoms with van der Waals surface area (Å²) in [7, 11) is 0. The van der Waals surface area contributed by atoms with Gasteiger partial charge in [-0.2, -0.15) is 0 Å². The Balaban J connectivity index is 3.08. The molecule has 0 saturated heterocycles. The molecule has 1 atom stereocenters. The molecule has 1 aromatic carbocycles. The highest BCUT2D eigenvalue weighted by Crippen LogP contribution is 2.56. The Bertz CT molecular complexity index is 909. The molecule has 1 aliphatic rings. The molecule has 0 N–H and O–H groups in total. The van der Waals surface area contributed by atoms with Crippen LogP contribution in [0, 0.1) is 0 Å². The first kappa shape index (κ1) is 21.4. The van der Waals surface area contributed by atoms with Crippen molar-refractivity contribution in [2.45, 2.75) is 39.5 Å². The first-order valence-electron chi connectivity index (χ1n) is 10.1. The Morgan fingerprint density at radius 1 is 1.04 bits per heavy atom. The summed E-state index contributed by atoms with van der Waals surface area (Å²) < 4.78 is 0. The van der Waals surface area contributed by atoms with Crippen molar-refractivity contribution in [3.8, 4) is 0 Å². The van der Waals surface area contributed by atoms with E-state index in [-0.39, 0.29) is 0 Å². The Hall–Kier alpha value is -2.86. The van der Waals surface area contributed by atoms with Gasteiger partial charge in [-0.25, -0.2) is 0 Å². The van der Waals surface area contributed by atoms with E-state index in [0.717, 1.165) is 12.0 Å². The lowest BCUT2D eigenvalue weighted by Gasteiger charge is -2.36. The Labute approximate surface area is 171 Å². The third-order valence-electron chi connectivity index (χ3n) is 5.25. The van der Waals surface area contributed by atoms with Gasteiger partial charge in [0.05, 0.1) is 5.41 Å². The second kappa shape index (κ2) is 9.90. The standard InChI is InChI=1S/C28H32/c1-7-13-18-22(10-4)28(23(11-5)19-14-8-2)26(12-6)24(17-9-3)25-20-15-16-21-27(25)28/h7,9-21H,4,6,8H2,1-3,5H3/b13-7-,17-9-,19-14-,22-18+,23-11+. The molecule has 1 aliphatic carbocycles. The second-order valence-corrected chi connectivity index (χ2v) is 6.73. The average Bonchev–Trinajstić information content (AvgIpc) is 3.00.